The molecule has 1 heteroatoms. The molecule has 84 valence electrons. The second-order valence-corrected chi connectivity index (χ2v) is 4.33. The molecule has 0 unspecified atom stereocenters. The first-order chi connectivity index (χ1) is 7.72. The van der Waals surface area contributed by atoms with Crippen molar-refractivity contribution in [3.63, 3.8) is 0 Å². The molecule has 0 aliphatic heterocycles. The maximum absolute atomic E-state index is 5.37. The van der Waals surface area contributed by atoms with Crippen molar-refractivity contribution in [2.75, 3.05) is 7.11 Å². The first kappa shape index (κ1) is 11.0. The lowest BCUT2D eigenvalue weighted by molar-refractivity contribution is 0.411. The van der Waals surface area contributed by atoms with E-state index in [1.165, 1.54) is 22.3 Å². The van der Waals surface area contributed by atoms with Gasteiger partial charge in [-0.15, -0.1) is 0 Å². The molecule has 0 radical (unpaired) electrons. The van der Waals surface area contributed by atoms with Crippen molar-refractivity contribution in [2.24, 2.45) is 0 Å². The minimum atomic E-state index is 0.995. The van der Waals surface area contributed by atoms with Gasteiger partial charge in [0.05, 0.1) is 7.11 Å². The summed E-state index contributed by atoms with van der Waals surface area (Å²) in [4.78, 5) is 0. The number of benzene rings is 1. The molecule has 0 atom stereocenters. The number of rotatable bonds is 1. The number of hydrogen-bond acceptors (Lipinski definition) is 1. The SMILES string of the molecule is COc1ccc2c(c1C)CC/C(C)=C/C=C\2. The Morgan fingerprint density at radius 3 is 2.69 bits per heavy atom. The van der Waals surface area contributed by atoms with Crippen molar-refractivity contribution < 1.29 is 4.74 Å². The average molecular weight is 214 g/mol. The molecule has 2 rings (SSSR count). The van der Waals surface area contributed by atoms with E-state index in [0.29, 0.717) is 0 Å². The fraction of sp³-hybridized carbons (Fsp3) is 0.333. The van der Waals surface area contributed by atoms with Gasteiger partial charge < -0.3 is 4.74 Å². The molecule has 0 bridgehead atoms. The molecule has 0 saturated heterocycles. The van der Waals surface area contributed by atoms with Gasteiger partial charge in [0, 0.05) is 0 Å². The highest BCUT2D eigenvalue weighted by molar-refractivity contribution is 5.61. The Morgan fingerprint density at radius 1 is 1.12 bits per heavy atom. The second kappa shape index (κ2) is 4.56. The molecule has 0 aromatic heterocycles. The summed E-state index contributed by atoms with van der Waals surface area (Å²) in [5, 5.41) is 0. The minimum Gasteiger partial charge on any atom is -0.496 e. The third kappa shape index (κ3) is 2.04. The van der Waals surface area contributed by atoms with E-state index in [2.05, 4.69) is 44.2 Å². The Kier molecular flexibility index (Phi) is 3.14. The van der Waals surface area contributed by atoms with Crippen LogP contribution in [0.1, 0.15) is 30.0 Å². The predicted molar refractivity (Wildman–Crippen MR) is 68.8 cm³/mol. The zero-order chi connectivity index (χ0) is 11.5. The molecule has 0 spiro atoms. The summed E-state index contributed by atoms with van der Waals surface area (Å²) < 4.78 is 5.37. The van der Waals surface area contributed by atoms with Crippen LogP contribution in [0, 0.1) is 6.92 Å². The molecule has 1 aromatic rings. The molecular weight excluding hydrogens is 196 g/mol. The quantitative estimate of drug-likeness (QED) is 0.688. The van der Waals surface area contributed by atoms with Gasteiger partial charge in [0.15, 0.2) is 0 Å². The number of ether oxygens (including phenoxy) is 1. The Morgan fingerprint density at radius 2 is 1.94 bits per heavy atom. The average Bonchev–Trinajstić information content (AvgIpc) is 2.25. The minimum absolute atomic E-state index is 0.995. The van der Waals surface area contributed by atoms with Crippen LogP contribution in [-0.4, -0.2) is 7.11 Å². The summed E-state index contributed by atoms with van der Waals surface area (Å²) in [6, 6.07) is 4.20. The number of fused-ring (bicyclic) bond motifs is 1. The van der Waals surface area contributed by atoms with E-state index < -0.39 is 0 Å². The van der Waals surface area contributed by atoms with Gasteiger partial charge in [-0.05, 0) is 49.4 Å². The highest BCUT2D eigenvalue weighted by atomic mass is 16.5. The van der Waals surface area contributed by atoms with Gasteiger partial charge in [-0.25, -0.2) is 0 Å². The van der Waals surface area contributed by atoms with Crippen LogP contribution in [0.3, 0.4) is 0 Å². The largest absolute Gasteiger partial charge is 0.496 e. The molecule has 1 aliphatic carbocycles. The van der Waals surface area contributed by atoms with Gasteiger partial charge in [0.25, 0.3) is 0 Å². The number of hydrogen-bond donors (Lipinski definition) is 0. The van der Waals surface area contributed by atoms with E-state index in [0.717, 1.165) is 18.6 Å². The Hall–Kier alpha value is -1.50. The van der Waals surface area contributed by atoms with Crippen molar-refractivity contribution in [1.29, 1.82) is 0 Å². The molecule has 0 heterocycles. The van der Waals surface area contributed by atoms with Crippen molar-refractivity contribution >= 4 is 6.08 Å². The molecule has 1 aromatic carbocycles. The van der Waals surface area contributed by atoms with Gasteiger partial charge in [0.1, 0.15) is 5.75 Å². The van der Waals surface area contributed by atoms with Crippen molar-refractivity contribution in [3.8, 4) is 5.75 Å². The Balaban J connectivity index is 2.49. The maximum Gasteiger partial charge on any atom is 0.122 e. The van der Waals surface area contributed by atoms with Crippen LogP contribution < -0.4 is 4.74 Å². The monoisotopic (exact) mass is 214 g/mol. The standard InChI is InChI=1S/C15H18O/c1-11-5-4-6-13-8-10-15(16-3)12(2)14(13)9-7-11/h4-6,8,10H,7,9H2,1-3H3/b6-4-,11-5+. The lowest BCUT2D eigenvalue weighted by Gasteiger charge is -2.15. The Labute approximate surface area is 97.4 Å². The van der Waals surface area contributed by atoms with Gasteiger partial charge in [0.2, 0.25) is 0 Å². The van der Waals surface area contributed by atoms with Crippen molar-refractivity contribution in [3.05, 3.63) is 46.5 Å². The zero-order valence-corrected chi connectivity index (χ0v) is 10.2. The number of allylic oxidation sites excluding steroid dienone is 3. The first-order valence-corrected chi connectivity index (χ1v) is 5.72. The van der Waals surface area contributed by atoms with E-state index in [-0.39, 0.29) is 0 Å². The van der Waals surface area contributed by atoms with Crippen molar-refractivity contribution in [1.82, 2.24) is 0 Å². The lowest BCUT2D eigenvalue weighted by atomic mass is 9.93. The van der Waals surface area contributed by atoms with E-state index in [1.807, 2.05) is 0 Å². The topological polar surface area (TPSA) is 9.23 Å². The first-order valence-electron chi connectivity index (χ1n) is 5.72. The molecule has 0 fully saturated rings. The van der Waals surface area contributed by atoms with Gasteiger partial charge >= 0.3 is 0 Å². The summed E-state index contributed by atoms with van der Waals surface area (Å²) in [7, 11) is 1.73. The summed E-state index contributed by atoms with van der Waals surface area (Å²) in [6.45, 7) is 4.33. The van der Waals surface area contributed by atoms with Crippen LogP contribution in [0.4, 0.5) is 0 Å². The predicted octanol–water partition coefficient (Wildman–Crippen LogP) is 3.91. The number of methoxy groups -OCH3 is 1. The third-order valence-corrected chi connectivity index (χ3v) is 3.23. The van der Waals surface area contributed by atoms with Crippen LogP contribution in [0.15, 0.2) is 29.9 Å². The Bertz CT molecular complexity index is 453. The van der Waals surface area contributed by atoms with E-state index in [9.17, 15) is 0 Å². The summed E-state index contributed by atoms with van der Waals surface area (Å²) >= 11 is 0. The molecule has 0 N–H and O–H groups in total. The van der Waals surface area contributed by atoms with Crippen LogP contribution in [-0.2, 0) is 6.42 Å². The van der Waals surface area contributed by atoms with Crippen molar-refractivity contribution in [2.45, 2.75) is 26.7 Å². The molecule has 1 aliphatic rings. The molecule has 1 nitrogen and oxygen atoms in total. The van der Waals surface area contributed by atoms with Crippen LogP contribution in [0.2, 0.25) is 0 Å². The fourth-order valence-electron chi connectivity index (χ4n) is 2.19. The van der Waals surface area contributed by atoms with Crippen LogP contribution >= 0.6 is 0 Å². The van der Waals surface area contributed by atoms with E-state index in [1.54, 1.807) is 7.11 Å². The fourth-order valence-corrected chi connectivity index (χ4v) is 2.19. The zero-order valence-electron chi connectivity index (χ0n) is 10.2. The smallest absolute Gasteiger partial charge is 0.122 e. The highest BCUT2D eigenvalue weighted by Gasteiger charge is 2.09. The van der Waals surface area contributed by atoms with Gasteiger partial charge in [-0.1, -0.05) is 29.9 Å². The van der Waals surface area contributed by atoms with E-state index in [4.69, 9.17) is 4.74 Å². The third-order valence-electron chi connectivity index (χ3n) is 3.23. The highest BCUT2D eigenvalue weighted by Crippen LogP contribution is 2.28. The summed E-state index contributed by atoms with van der Waals surface area (Å²) in [5.41, 5.74) is 5.45. The summed E-state index contributed by atoms with van der Waals surface area (Å²) in [5.74, 6) is 0.995. The maximum atomic E-state index is 5.37. The summed E-state index contributed by atoms with van der Waals surface area (Å²) in [6.07, 6.45) is 8.75. The normalized spacial score (nSPS) is 20.1. The van der Waals surface area contributed by atoms with Crippen LogP contribution in [0.5, 0.6) is 5.75 Å². The lowest BCUT2D eigenvalue weighted by Crippen LogP contribution is -1.99. The molecule has 16 heavy (non-hydrogen) atoms. The van der Waals surface area contributed by atoms with Gasteiger partial charge in [-0.2, -0.15) is 0 Å². The molecule has 0 amide bonds. The van der Waals surface area contributed by atoms with E-state index >= 15 is 0 Å². The molecular formula is C15H18O. The second-order valence-electron chi connectivity index (χ2n) is 4.33. The van der Waals surface area contributed by atoms with Gasteiger partial charge in [-0.3, -0.25) is 0 Å². The molecule has 0 saturated carbocycles. The van der Waals surface area contributed by atoms with Crippen LogP contribution in [0.25, 0.3) is 6.08 Å².